The molecule has 1 heterocycles. The maximum absolute atomic E-state index is 13.3. The fraction of sp³-hybridized carbons (Fsp3) is 0.278. The monoisotopic (exact) mass is 347 g/mol. The number of nitrogens with one attached hydrogen (secondary N) is 1. The number of benzene rings is 2. The Morgan fingerprint density at radius 1 is 1.12 bits per heavy atom. The van der Waals surface area contributed by atoms with E-state index < -0.39 is 0 Å². The molecule has 0 unspecified atom stereocenters. The fourth-order valence-electron chi connectivity index (χ4n) is 2.80. The smallest absolute Gasteiger partial charge is 0.321 e. The van der Waals surface area contributed by atoms with Crippen LogP contribution in [0.4, 0.5) is 20.6 Å². The van der Waals surface area contributed by atoms with Gasteiger partial charge >= 0.3 is 6.03 Å². The maximum atomic E-state index is 13.3. The fourth-order valence-corrected chi connectivity index (χ4v) is 3.03. The zero-order valence-corrected chi connectivity index (χ0v) is 14.2. The van der Waals surface area contributed by atoms with E-state index in [9.17, 15) is 9.18 Å². The number of anilines is 2. The minimum Gasteiger partial charge on any atom is -0.368 e. The van der Waals surface area contributed by atoms with Crippen molar-refractivity contribution >= 4 is 29.0 Å². The summed E-state index contributed by atoms with van der Waals surface area (Å²) in [5, 5.41) is 3.57. The molecule has 1 aliphatic rings. The first-order valence-corrected chi connectivity index (χ1v) is 8.23. The molecule has 2 aromatic rings. The van der Waals surface area contributed by atoms with E-state index in [1.807, 2.05) is 19.1 Å². The average Bonchev–Trinajstić information content (AvgIpc) is 2.57. The third-order valence-electron chi connectivity index (χ3n) is 4.17. The Morgan fingerprint density at radius 2 is 1.88 bits per heavy atom. The van der Waals surface area contributed by atoms with Crippen LogP contribution < -0.4 is 10.2 Å². The van der Waals surface area contributed by atoms with Crippen LogP contribution in [0, 0.1) is 12.7 Å². The summed E-state index contributed by atoms with van der Waals surface area (Å²) < 4.78 is 13.3. The molecule has 1 saturated heterocycles. The minimum atomic E-state index is -0.245. The Kier molecular flexibility index (Phi) is 4.90. The van der Waals surface area contributed by atoms with E-state index >= 15 is 0 Å². The van der Waals surface area contributed by atoms with Gasteiger partial charge in [-0.2, -0.15) is 0 Å². The molecule has 6 heteroatoms. The lowest BCUT2D eigenvalue weighted by Crippen LogP contribution is -2.50. The van der Waals surface area contributed by atoms with E-state index in [-0.39, 0.29) is 11.8 Å². The van der Waals surface area contributed by atoms with Gasteiger partial charge in [-0.1, -0.05) is 17.7 Å². The SMILES string of the molecule is Cc1cc(Cl)ccc1NC(=O)N1CCN(c2cccc(F)c2)CC1. The van der Waals surface area contributed by atoms with Crippen molar-refractivity contribution in [3.63, 3.8) is 0 Å². The summed E-state index contributed by atoms with van der Waals surface area (Å²) in [5.41, 5.74) is 2.54. The Morgan fingerprint density at radius 3 is 2.54 bits per heavy atom. The molecule has 24 heavy (non-hydrogen) atoms. The van der Waals surface area contributed by atoms with Gasteiger partial charge in [-0.3, -0.25) is 0 Å². The molecule has 0 radical (unpaired) electrons. The van der Waals surface area contributed by atoms with Gasteiger partial charge in [0.2, 0.25) is 0 Å². The topological polar surface area (TPSA) is 35.6 Å². The third-order valence-corrected chi connectivity index (χ3v) is 4.41. The first-order chi connectivity index (χ1) is 11.5. The largest absolute Gasteiger partial charge is 0.368 e. The molecule has 0 spiro atoms. The molecule has 1 aliphatic heterocycles. The van der Waals surface area contributed by atoms with E-state index in [0.29, 0.717) is 31.2 Å². The van der Waals surface area contributed by atoms with Crippen LogP contribution in [-0.4, -0.2) is 37.1 Å². The zero-order valence-electron chi connectivity index (χ0n) is 13.4. The van der Waals surface area contributed by atoms with Gasteiger partial charge in [0.1, 0.15) is 5.82 Å². The van der Waals surface area contributed by atoms with Crippen molar-refractivity contribution in [3.8, 4) is 0 Å². The molecule has 0 aromatic heterocycles. The second kappa shape index (κ2) is 7.09. The van der Waals surface area contributed by atoms with Gasteiger partial charge in [0.05, 0.1) is 0 Å². The summed E-state index contributed by atoms with van der Waals surface area (Å²) in [6.45, 7) is 4.44. The van der Waals surface area contributed by atoms with Crippen molar-refractivity contribution in [2.75, 3.05) is 36.4 Å². The molecule has 0 bridgehead atoms. The van der Waals surface area contributed by atoms with Crippen LogP contribution in [0.5, 0.6) is 0 Å². The molecule has 0 saturated carbocycles. The highest BCUT2D eigenvalue weighted by atomic mass is 35.5. The lowest BCUT2D eigenvalue weighted by atomic mass is 10.2. The van der Waals surface area contributed by atoms with Crippen molar-refractivity contribution in [2.24, 2.45) is 0 Å². The highest BCUT2D eigenvalue weighted by Crippen LogP contribution is 2.21. The van der Waals surface area contributed by atoms with Crippen LogP contribution in [0.15, 0.2) is 42.5 Å². The maximum Gasteiger partial charge on any atom is 0.321 e. The Labute approximate surface area is 145 Å². The molecule has 0 aliphatic carbocycles. The minimum absolute atomic E-state index is 0.126. The van der Waals surface area contributed by atoms with Crippen molar-refractivity contribution in [1.29, 1.82) is 0 Å². The summed E-state index contributed by atoms with van der Waals surface area (Å²) in [4.78, 5) is 16.3. The molecular formula is C18H19ClFN3O. The van der Waals surface area contributed by atoms with E-state index in [0.717, 1.165) is 16.9 Å². The van der Waals surface area contributed by atoms with E-state index in [1.54, 1.807) is 23.1 Å². The van der Waals surface area contributed by atoms with Gasteiger partial charge in [-0.25, -0.2) is 9.18 Å². The molecule has 4 nitrogen and oxygen atoms in total. The Hall–Kier alpha value is -2.27. The normalized spacial score (nSPS) is 14.6. The Balaban J connectivity index is 1.59. The standard InChI is InChI=1S/C18H19ClFN3O/c1-13-11-14(19)5-6-17(13)21-18(24)23-9-7-22(8-10-23)16-4-2-3-15(20)12-16/h2-6,11-12H,7-10H2,1H3,(H,21,24). The van der Waals surface area contributed by atoms with Gasteiger partial charge in [0, 0.05) is 42.6 Å². The number of carbonyl (C=O) groups is 1. The number of hydrogen-bond donors (Lipinski definition) is 1. The van der Waals surface area contributed by atoms with Crippen LogP contribution >= 0.6 is 11.6 Å². The summed E-state index contributed by atoms with van der Waals surface area (Å²) in [6.07, 6.45) is 0. The number of hydrogen-bond acceptors (Lipinski definition) is 2. The third kappa shape index (κ3) is 3.79. The van der Waals surface area contributed by atoms with Gasteiger partial charge in [0.15, 0.2) is 0 Å². The van der Waals surface area contributed by atoms with Crippen LogP contribution in [0.25, 0.3) is 0 Å². The highest BCUT2D eigenvalue weighted by Gasteiger charge is 2.21. The van der Waals surface area contributed by atoms with Gasteiger partial charge in [-0.15, -0.1) is 0 Å². The first kappa shape index (κ1) is 16.6. The number of rotatable bonds is 2. The second-order valence-electron chi connectivity index (χ2n) is 5.84. The van der Waals surface area contributed by atoms with Crippen molar-refractivity contribution in [2.45, 2.75) is 6.92 Å². The first-order valence-electron chi connectivity index (χ1n) is 7.85. The van der Waals surface area contributed by atoms with Crippen molar-refractivity contribution < 1.29 is 9.18 Å². The molecular weight excluding hydrogens is 329 g/mol. The van der Waals surface area contributed by atoms with E-state index in [1.165, 1.54) is 12.1 Å². The van der Waals surface area contributed by atoms with E-state index in [4.69, 9.17) is 11.6 Å². The summed E-state index contributed by atoms with van der Waals surface area (Å²) >= 11 is 5.93. The van der Waals surface area contributed by atoms with Crippen molar-refractivity contribution in [3.05, 3.63) is 58.9 Å². The number of halogens is 2. The van der Waals surface area contributed by atoms with Crippen LogP contribution in [0.1, 0.15) is 5.56 Å². The highest BCUT2D eigenvalue weighted by molar-refractivity contribution is 6.30. The lowest BCUT2D eigenvalue weighted by Gasteiger charge is -2.36. The van der Waals surface area contributed by atoms with Crippen LogP contribution in [-0.2, 0) is 0 Å². The van der Waals surface area contributed by atoms with E-state index in [2.05, 4.69) is 10.2 Å². The predicted molar refractivity (Wildman–Crippen MR) is 95.4 cm³/mol. The number of piperazine rings is 1. The van der Waals surface area contributed by atoms with Crippen molar-refractivity contribution in [1.82, 2.24) is 4.90 Å². The average molecular weight is 348 g/mol. The molecule has 2 aromatic carbocycles. The lowest BCUT2D eigenvalue weighted by molar-refractivity contribution is 0.208. The Bertz CT molecular complexity index is 745. The number of urea groups is 1. The summed E-state index contributed by atoms with van der Waals surface area (Å²) in [6, 6.07) is 11.8. The number of aryl methyl sites for hydroxylation is 1. The summed E-state index contributed by atoms with van der Waals surface area (Å²) in [7, 11) is 0. The number of amides is 2. The van der Waals surface area contributed by atoms with Crippen LogP contribution in [0.3, 0.4) is 0 Å². The molecule has 3 rings (SSSR count). The number of nitrogens with zero attached hydrogens (tertiary/aromatic N) is 2. The van der Waals surface area contributed by atoms with Gasteiger partial charge in [0.25, 0.3) is 0 Å². The van der Waals surface area contributed by atoms with Gasteiger partial charge in [-0.05, 0) is 48.9 Å². The summed E-state index contributed by atoms with van der Waals surface area (Å²) in [5.74, 6) is -0.245. The zero-order chi connectivity index (χ0) is 17.1. The van der Waals surface area contributed by atoms with Crippen LogP contribution in [0.2, 0.25) is 5.02 Å². The van der Waals surface area contributed by atoms with Gasteiger partial charge < -0.3 is 15.1 Å². The second-order valence-corrected chi connectivity index (χ2v) is 6.28. The molecule has 126 valence electrons. The quantitative estimate of drug-likeness (QED) is 0.886. The molecule has 2 amide bonds. The number of carbonyl (C=O) groups excluding carboxylic acids is 1. The molecule has 1 fully saturated rings. The molecule has 1 N–H and O–H groups in total. The predicted octanol–water partition coefficient (Wildman–Crippen LogP) is 4.14. The molecule has 0 atom stereocenters.